The van der Waals surface area contributed by atoms with Crippen LogP contribution in [0.25, 0.3) is 0 Å². The van der Waals surface area contributed by atoms with Crippen LogP contribution < -0.4 is 19.1 Å². The standard InChI is InChI=1S/C25H35N3O6S/c1-6-15-26-25(30)19(3)27(17-20-9-8-10-23(16-20)33-4)24(29)18-28(35(5,31)32)21-11-13-22(14-12-21)34-7-2/h8-14,16,19H,6-7,15,17-18H2,1-5H3,(H,26,30). The maximum Gasteiger partial charge on any atom is 0.244 e. The maximum atomic E-state index is 13.5. The van der Waals surface area contributed by atoms with Crippen molar-refractivity contribution in [1.82, 2.24) is 10.2 Å². The molecule has 2 rings (SSSR count). The number of amides is 2. The Morgan fingerprint density at radius 1 is 1.06 bits per heavy atom. The average Bonchev–Trinajstić information content (AvgIpc) is 2.84. The quantitative estimate of drug-likeness (QED) is 0.449. The monoisotopic (exact) mass is 505 g/mol. The van der Waals surface area contributed by atoms with E-state index in [1.807, 2.05) is 19.9 Å². The Kier molecular flexibility index (Phi) is 10.4. The summed E-state index contributed by atoms with van der Waals surface area (Å²) in [5.41, 5.74) is 1.08. The fourth-order valence-electron chi connectivity index (χ4n) is 3.44. The third-order valence-electron chi connectivity index (χ3n) is 5.32. The molecule has 0 spiro atoms. The van der Waals surface area contributed by atoms with Crippen LogP contribution in [-0.4, -0.2) is 64.2 Å². The molecule has 2 aromatic rings. The zero-order valence-electron chi connectivity index (χ0n) is 21.0. The van der Waals surface area contributed by atoms with Gasteiger partial charge in [0.15, 0.2) is 0 Å². The van der Waals surface area contributed by atoms with Gasteiger partial charge in [0.05, 0.1) is 25.7 Å². The number of ether oxygens (including phenoxy) is 2. The molecule has 9 nitrogen and oxygen atoms in total. The van der Waals surface area contributed by atoms with E-state index in [9.17, 15) is 18.0 Å². The molecule has 0 fully saturated rings. The van der Waals surface area contributed by atoms with Gasteiger partial charge in [-0.05, 0) is 62.2 Å². The van der Waals surface area contributed by atoms with E-state index >= 15 is 0 Å². The summed E-state index contributed by atoms with van der Waals surface area (Å²) < 4.78 is 37.0. The van der Waals surface area contributed by atoms with Crippen molar-refractivity contribution in [3.05, 3.63) is 54.1 Å². The zero-order valence-corrected chi connectivity index (χ0v) is 21.8. The minimum atomic E-state index is -3.79. The van der Waals surface area contributed by atoms with Crippen molar-refractivity contribution >= 4 is 27.5 Å². The number of hydrogen-bond donors (Lipinski definition) is 1. The smallest absolute Gasteiger partial charge is 0.244 e. The fraction of sp³-hybridized carbons (Fsp3) is 0.440. The Labute approximate surface area is 208 Å². The molecule has 35 heavy (non-hydrogen) atoms. The molecule has 0 bridgehead atoms. The molecule has 0 aromatic heterocycles. The molecule has 0 heterocycles. The number of nitrogens with one attached hydrogen (secondary N) is 1. The summed E-state index contributed by atoms with van der Waals surface area (Å²) >= 11 is 0. The lowest BCUT2D eigenvalue weighted by atomic mass is 10.1. The number of carbonyl (C=O) groups excluding carboxylic acids is 2. The van der Waals surface area contributed by atoms with Crippen LogP contribution in [0.15, 0.2) is 48.5 Å². The number of hydrogen-bond acceptors (Lipinski definition) is 6. The summed E-state index contributed by atoms with van der Waals surface area (Å²) in [6, 6.07) is 12.8. The highest BCUT2D eigenvalue weighted by molar-refractivity contribution is 7.92. The predicted molar refractivity (Wildman–Crippen MR) is 136 cm³/mol. The number of anilines is 1. The van der Waals surface area contributed by atoms with Crippen LogP contribution in [-0.2, 0) is 26.2 Å². The largest absolute Gasteiger partial charge is 0.497 e. The molecule has 1 N–H and O–H groups in total. The Morgan fingerprint density at radius 3 is 2.31 bits per heavy atom. The lowest BCUT2D eigenvalue weighted by Crippen LogP contribution is -2.51. The number of nitrogens with zero attached hydrogens (tertiary/aromatic N) is 2. The number of carbonyl (C=O) groups is 2. The summed E-state index contributed by atoms with van der Waals surface area (Å²) in [5.74, 6) is 0.392. The summed E-state index contributed by atoms with van der Waals surface area (Å²) in [6.45, 7) is 6.02. The molecule has 1 unspecified atom stereocenters. The number of methoxy groups -OCH3 is 1. The Morgan fingerprint density at radius 2 is 1.74 bits per heavy atom. The highest BCUT2D eigenvalue weighted by Gasteiger charge is 2.30. The predicted octanol–water partition coefficient (Wildman–Crippen LogP) is 2.80. The molecule has 0 radical (unpaired) electrons. The van der Waals surface area contributed by atoms with Crippen molar-refractivity contribution in [3.63, 3.8) is 0 Å². The van der Waals surface area contributed by atoms with Gasteiger partial charge >= 0.3 is 0 Å². The SMILES string of the molecule is CCCNC(=O)C(C)N(Cc1cccc(OC)c1)C(=O)CN(c1ccc(OCC)cc1)S(C)(=O)=O. The van der Waals surface area contributed by atoms with Crippen LogP contribution in [0, 0.1) is 0 Å². The molecule has 10 heteroatoms. The molecule has 2 aromatic carbocycles. The van der Waals surface area contributed by atoms with Crippen LogP contribution in [0.1, 0.15) is 32.8 Å². The van der Waals surface area contributed by atoms with E-state index in [-0.39, 0.29) is 12.5 Å². The first-order chi connectivity index (χ1) is 16.6. The van der Waals surface area contributed by atoms with E-state index in [0.717, 1.165) is 22.5 Å². The van der Waals surface area contributed by atoms with Gasteiger partial charge in [0.25, 0.3) is 0 Å². The van der Waals surface area contributed by atoms with Crippen LogP contribution in [0.5, 0.6) is 11.5 Å². The Balaban J connectivity index is 2.36. The van der Waals surface area contributed by atoms with E-state index < -0.39 is 28.5 Å². The van der Waals surface area contributed by atoms with Crippen LogP contribution in [0.2, 0.25) is 0 Å². The summed E-state index contributed by atoms with van der Waals surface area (Å²) in [6.07, 6.45) is 1.79. The van der Waals surface area contributed by atoms with Gasteiger partial charge in [-0.3, -0.25) is 13.9 Å². The third kappa shape index (κ3) is 8.17. The van der Waals surface area contributed by atoms with Crippen molar-refractivity contribution in [2.45, 2.75) is 39.8 Å². The lowest BCUT2D eigenvalue weighted by molar-refractivity contribution is -0.139. The van der Waals surface area contributed by atoms with Gasteiger partial charge in [-0.1, -0.05) is 19.1 Å². The second kappa shape index (κ2) is 13.0. The first kappa shape index (κ1) is 28.0. The Bertz CT molecular complexity index is 1090. The van der Waals surface area contributed by atoms with Crippen molar-refractivity contribution in [2.75, 3.05) is 37.4 Å². The fourth-order valence-corrected chi connectivity index (χ4v) is 4.28. The van der Waals surface area contributed by atoms with E-state index in [1.54, 1.807) is 56.5 Å². The van der Waals surface area contributed by atoms with Gasteiger partial charge in [-0.2, -0.15) is 0 Å². The highest BCUT2D eigenvalue weighted by atomic mass is 32.2. The first-order valence-electron chi connectivity index (χ1n) is 11.5. The van der Waals surface area contributed by atoms with Crippen molar-refractivity contribution in [2.24, 2.45) is 0 Å². The molecule has 0 aliphatic rings. The lowest BCUT2D eigenvalue weighted by Gasteiger charge is -2.31. The molecule has 0 saturated carbocycles. The van der Waals surface area contributed by atoms with Crippen molar-refractivity contribution in [3.8, 4) is 11.5 Å². The maximum absolute atomic E-state index is 13.5. The van der Waals surface area contributed by atoms with Gasteiger partial charge in [-0.25, -0.2) is 8.42 Å². The topological polar surface area (TPSA) is 105 Å². The second-order valence-electron chi connectivity index (χ2n) is 8.04. The molecular weight excluding hydrogens is 470 g/mol. The number of rotatable bonds is 13. The normalized spacial score (nSPS) is 11.9. The van der Waals surface area contributed by atoms with E-state index in [2.05, 4.69) is 5.32 Å². The average molecular weight is 506 g/mol. The number of sulfonamides is 1. The summed E-state index contributed by atoms with van der Waals surface area (Å²) in [7, 11) is -2.25. The molecule has 2 amide bonds. The third-order valence-corrected chi connectivity index (χ3v) is 6.46. The van der Waals surface area contributed by atoms with Gasteiger partial charge < -0.3 is 19.7 Å². The van der Waals surface area contributed by atoms with Crippen molar-refractivity contribution < 1.29 is 27.5 Å². The summed E-state index contributed by atoms with van der Waals surface area (Å²) in [5, 5.41) is 2.81. The van der Waals surface area contributed by atoms with Crippen LogP contribution in [0.4, 0.5) is 5.69 Å². The molecular formula is C25H35N3O6S. The van der Waals surface area contributed by atoms with Gasteiger partial charge in [0.1, 0.15) is 24.1 Å². The first-order valence-corrected chi connectivity index (χ1v) is 13.4. The highest BCUT2D eigenvalue weighted by Crippen LogP contribution is 2.23. The van der Waals surface area contributed by atoms with Crippen molar-refractivity contribution in [1.29, 1.82) is 0 Å². The minimum absolute atomic E-state index is 0.109. The molecule has 1 atom stereocenters. The molecule has 0 aliphatic heterocycles. The molecule has 192 valence electrons. The number of benzene rings is 2. The van der Waals surface area contributed by atoms with E-state index in [4.69, 9.17) is 9.47 Å². The molecule has 0 aliphatic carbocycles. The van der Waals surface area contributed by atoms with Crippen LogP contribution in [0.3, 0.4) is 0 Å². The zero-order chi connectivity index (χ0) is 26.0. The minimum Gasteiger partial charge on any atom is -0.497 e. The van der Waals surface area contributed by atoms with Gasteiger partial charge in [0, 0.05) is 13.1 Å². The van der Waals surface area contributed by atoms with E-state index in [0.29, 0.717) is 30.3 Å². The Hall–Kier alpha value is -3.27. The summed E-state index contributed by atoms with van der Waals surface area (Å²) in [4.78, 5) is 27.6. The van der Waals surface area contributed by atoms with Gasteiger partial charge in [-0.15, -0.1) is 0 Å². The van der Waals surface area contributed by atoms with E-state index in [1.165, 1.54) is 4.90 Å². The second-order valence-corrected chi connectivity index (χ2v) is 9.94. The van der Waals surface area contributed by atoms with Crippen LogP contribution >= 0.6 is 0 Å². The van der Waals surface area contributed by atoms with Gasteiger partial charge in [0.2, 0.25) is 21.8 Å². The molecule has 0 saturated heterocycles.